The molecule has 0 aliphatic carbocycles. The van der Waals surface area contributed by atoms with Gasteiger partial charge in [0, 0.05) is 69.9 Å². The molecule has 0 unspecified atom stereocenters. The van der Waals surface area contributed by atoms with Gasteiger partial charge in [-0.25, -0.2) is 9.97 Å². The molecule has 0 N–H and O–H groups in total. The highest BCUT2D eigenvalue weighted by Crippen LogP contribution is 2.44. The van der Waals surface area contributed by atoms with Crippen LogP contribution in [0.15, 0.2) is 176 Å². The quantitative estimate of drug-likeness (QED) is 0.144. The summed E-state index contributed by atoms with van der Waals surface area (Å²) in [6.07, 6.45) is 7.19. The van der Waals surface area contributed by atoms with Crippen molar-refractivity contribution in [1.82, 2.24) is 24.5 Å². The number of fused-ring (bicyclic) bond motifs is 3. The molecule has 0 saturated carbocycles. The van der Waals surface area contributed by atoms with E-state index in [1.807, 2.05) is 67.0 Å². The maximum absolute atomic E-state index is 7.03. The third kappa shape index (κ3) is 8.57. The summed E-state index contributed by atoms with van der Waals surface area (Å²) in [6.45, 7) is 17.7. The molecular formula is C60H53N5O2. The number of benzene rings is 6. The summed E-state index contributed by atoms with van der Waals surface area (Å²) in [5.41, 5.74) is 14.5. The number of rotatable bonds is 9. The van der Waals surface area contributed by atoms with Gasteiger partial charge in [-0.2, -0.15) is 0 Å². The Morgan fingerprint density at radius 2 is 0.821 bits per heavy atom. The fourth-order valence-corrected chi connectivity index (χ4v) is 9.03. The average molecular weight is 876 g/mol. The summed E-state index contributed by atoms with van der Waals surface area (Å²) >= 11 is 0. The van der Waals surface area contributed by atoms with Crippen LogP contribution in [0.2, 0.25) is 0 Å². The minimum Gasteiger partial charge on any atom is -0.457 e. The predicted octanol–water partition coefficient (Wildman–Crippen LogP) is 15.8. The SMILES string of the molecule is Cc1cc(-c2ccccn2)cc(Oc2ccc3c4ccc(Oc5cc(-c6ccccn6)cc(C)c5-c5ccc(C(C)(C)C)cc5)cc4n(-c4ncccn4)c3c2)c1-c1ccc(C(C)(C)C)cc1. The van der Waals surface area contributed by atoms with E-state index in [1.165, 1.54) is 11.1 Å². The summed E-state index contributed by atoms with van der Waals surface area (Å²) < 4.78 is 16.2. The van der Waals surface area contributed by atoms with Crippen LogP contribution in [0.5, 0.6) is 23.0 Å². The molecule has 330 valence electrons. The van der Waals surface area contributed by atoms with Gasteiger partial charge in [0.2, 0.25) is 5.95 Å². The van der Waals surface area contributed by atoms with E-state index in [1.54, 1.807) is 12.4 Å². The first-order chi connectivity index (χ1) is 32.3. The Morgan fingerprint density at radius 3 is 1.21 bits per heavy atom. The molecule has 10 aromatic rings. The van der Waals surface area contributed by atoms with Crippen LogP contribution in [-0.4, -0.2) is 24.5 Å². The molecule has 0 aliphatic heterocycles. The van der Waals surface area contributed by atoms with Crippen LogP contribution in [0.4, 0.5) is 0 Å². The Bertz CT molecular complexity index is 3200. The van der Waals surface area contributed by atoms with Crippen molar-refractivity contribution < 1.29 is 9.47 Å². The summed E-state index contributed by atoms with van der Waals surface area (Å²) in [4.78, 5) is 18.9. The van der Waals surface area contributed by atoms with Gasteiger partial charge in [-0.1, -0.05) is 102 Å². The Labute approximate surface area is 392 Å². The first-order valence-corrected chi connectivity index (χ1v) is 22.8. The minimum absolute atomic E-state index is 0.0328. The van der Waals surface area contributed by atoms with Crippen LogP contribution in [0, 0.1) is 13.8 Å². The van der Waals surface area contributed by atoms with Gasteiger partial charge in [-0.15, -0.1) is 0 Å². The van der Waals surface area contributed by atoms with Crippen LogP contribution >= 0.6 is 0 Å². The Hall–Kier alpha value is -7.90. The highest BCUT2D eigenvalue weighted by molar-refractivity contribution is 6.09. The monoisotopic (exact) mass is 875 g/mol. The van der Waals surface area contributed by atoms with E-state index in [-0.39, 0.29) is 10.8 Å². The zero-order valence-electron chi connectivity index (χ0n) is 39.3. The third-order valence-corrected chi connectivity index (χ3v) is 12.5. The number of aromatic nitrogens is 5. The lowest BCUT2D eigenvalue weighted by Gasteiger charge is -2.20. The van der Waals surface area contributed by atoms with Crippen LogP contribution in [-0.2, 0) is 10.8 Å². The number of nitrogens with zero attached hydrogens (tertiary/aromatic N) is 5. The first kappa shape index (κ1) is 43.0. The molecule has 0 spiro atoms. The Balaban J connectivity index is 1.10. The molecule has 0 saturated heterocycles. The average Bonchev–Trinajstić information content (AvgIpc) is 3.64. The van der Waals surface area contributed by atoms with Gasteiger partial charge >= 0.3 is 0 Å². The molecule has 7 nitrogen and oxygen atoms in total. The lowest BCUT2D eigenvalue weighted by atomic mass is 9.85. The second-order valence-electron chi connectivity index (χ2n) is 19.4. The topological polar surface area (TPSA) is 75.0 Å². The van der Waals surface area contributed by atoms with Gasteiger partial charge in [-0.3, -0.25) is 14.5 Å². The van der Waals surface area contributed by atoms with Crippen molar-refractivity contribution in [2.24, 2.45) is 0 Å². The van der Waals surface area contributed by atoms with E-state index >= 15 is 0 Å². The summed E-state index contributed by atoms with van der Waals surface area (Å²) in [6, 6.07) is 52.5. The summed E-state index contributed by atoms with van der Waals surface area (Å²) in [7, 11) is 0. The van der Waals surface area contributed by atoms with Gasteiger partial charge in [0.1, 0.15) is 23.0 Å². The third-order valence-electron chi connectivity index (χ3n) is 12.5. The molecule has 0 radical (unpaired) electrons. The van der Waals surface area contributed by atoms with E-state index in [2.05, 4.69) is 157 Å². The molecule has 0 bridgehead atoms. The van der Waals surface area contributed by atoms with Crippen molar-refractivity contribution in [1.29, 1.82) is 0 Å². The van der Waals surface area contributed by atoms with Crippen molar-refractivity contribution in [2.45, 2.75) is 66.2 Å². The molecule has 67 heavy (non-hydrogen) atoms. The number of pyridine rings is 2. The molecule has 0 aliphatic rings. The van der Waals surface area contributed by atoms with Crippen LogP contribution in [0.25, 0.3) is 72.5 Å². The lowest BCUT2D eigenvalue weighted by Crippen LogP contribution is -2.10. The number of aryl methyl sites for hydroxylation is 2. The maximum Gasteiger partial charge on any atom is 0.234 e. The van der Waals surface area contributed by atoms with Crippen LogP contribution < -0.4 is 9.47 Å². The predicted molar refractivity (Wildman–Crippen MR) is 274 cm³/mol. The molecule has 10 rings (SSSR count). The number of ether oxygens (including phenoxy) is 2. The molecule has 4 heterocycles. The molecule has 7 heteroatoms. The van der Waals surface area contributed by atoms with E-state index in [0.29, 0.717) is 17.4 Å². The summed E-state index contributed by atoms with van der Waals surface area (Å²) in [5.74, 6) is 3.38. The fraction of sp³-hybridized carbons (Fsp3) is 0.167. The van der Waals surface area contributed by atoms with E-state index < -0.39 is 0 Å². The normalized spacial score (nSPS) is 11.9. The number of hydrogen-bond acceptors (Lipinski definition) is 6. The van der Waals surface area contributed by atoms with Gasteiger partial charge < -0.3 is 9.47 Å². The molecule has 0 fully saturated rings. The van der Waals surface area contributed by atoms with E-state index in [0.717, 1.165) is 89.2 Å². The van der Waals surface area contributed by atoms with Crippen LogP contribution in [0.1, 0.15) is 63.8 Å². The maximum atomic E-state index is 7.03. The van der Waals surface area contributed by atoms with Crippen molar-refractivity contribution in [3.05, 3.63) is 199 Å². The van der Waals surface area contributed by atoms with Gasteiger partial charge in [0.25, 0.3) is 0 Å². The van der Waals surface area contributed by atoms with Gasteiger partial charge in [-0.05, 0) is 137 Å². The molecule has 6 aromatic carbocycles. The standard InChI is InChI=1S/C60H53N5O2/c1-38-32-42(50-14-9-11-28-61-50)34-54(56(38)40-16-20-44(21-17-40)59(3,4)5)66-46-24-26-48-49-27-25-47(37-53(49)65(52(48)36-46)58-63-30-13-31-64-58)67-55-35-43(51-15-10-12-29-62-51)33-39(2)57(55)41-18-22-45(23-19-41)60(6,7)8/h9-37H,1-8H3. The second-order valence-corrected chi connectivity index (χ2v) is 19.4. The fourth-order valence-electron chi connectivity index (χ4n) is 9.03. The van der Waals surface area contributed by atoms with Crippen molar-refractivity contribution in [2.75, 3.05) is 0 Å². The smallest absolute Gasteiger partial charge is 0.234 e. The molecule has 0 atom stereocenters. The number of hydrogen-bond donors (Lipinski definition) is 0. The second kappa shape index (κ2) is 17.1. The van der Waals surface area contributed by atoms with Crippen LogP contribution in [0.3, 0.4) is 0 Å². The highest BCUT2D eigenvalue weighted by Gasteiger charge is 2.22. The molecular weight excluding hydrogens is 823 g/mol. The minimum atomic E-state index is 0.0328. The molecule has 4 aromatic heterocycles. The van der Waals surface area contributed by atoms with Gasteiger partial charge in [0.05, 0.1) is 22.4 Å². The van der Waals surface area contributed by atoms with Crippen molar-refractivity contribution in [3.63, 3.8) is 0 Å². The zero-order chi connectivity index (χ0) is 46.5. The van der Waals surface area contributed by atoms with Gasteiger partial charge in [0.15, 0.2) is 0 Å². The molecule has 0 amide bonds. The van der Waals surface area contributed by atoms with Crippen molar-refractivity contribution in [3.8, 4) is 73.7 Å². The van der Waals surface area contributed by atoms with E-state index in [4.69, 9.17) is 29.4 Å². The van der Waals surface area contributed by atoms with Crippen molar-refractivity contribution >= 4 is 21.8 Å². The Kier molecular flexibility index (Phi) is 11.0. The largest absolute Gasteiger partial charge is 0.457 e. The summed E-state index contributed by atoms with van der Waals surface area (Å²) in [5, 5.41) is 2.07. The lowest BCUT2D eigenvalue weighted by molar-refractivity contribution is 0.485. The Morgan fingerprint density at radius 1 is 0.403 bits per heavy atom. The zero-order valence-corrected chi connectivity index (χ0v) is 39.3. The first-order valence-electron chi connectivity index (χ1n) is 22.8. The highest BCUT2D eigenvalue weighted by atomic mass is 16.5. The van der Waals surface area contributed by atoms with E-state index in [9.17, 15) is 0 Å².